The molecule has 0 aromatic heterocycles. The van der Waals surface area contributed by atoms with Crippen molar-refractivity contribution in [2.24, 2.45) is 0 Å². The molecule has 0 saturated carbocycles. The summed E-state index contributed by atoms with van der Waals surface area (Å²) in [7, 11) is -1.82. The number of likely N-dealkylation sites (N-methyl/N-ethyl adjacent to an activating group) is 1. The van der Waals surface area contributed by atoms with Crippen LogP contribution in [0, 0.1) is 0 Å². The topological polar surface area (TPSA) is 73.9 Å². The molecule has 0 aliphatic carbocycles. The Labute approximate surface area is 151 Å². The number of nitrogens with zero attached hydrogens (tertiary/aromatic N) is 2. The Bertz CT molecular complexity index is 613. The van der Waals surface area contributed by atoms with E-state index < -0.39 is 10.2 Å². The van der Waals surface area contributed by atoms with Crippen molar-refractivity contribution in [2.45, 2.75) is 19.9 Å². The fraction of sp³-hybridized carbons (Fsp3) is 0.647. The molecule has 0 spiro atoms. The Morgan fingerprint density at radius 3 is 2.24 bits per heavy atom. The molecule has 0 bridgehead atoms. The molecule has 7 nitrogen and oxygen atoms in total. The van der Waals surface area contributed by atoms with Crippen LogP contribution in [-0.4, -0.2) is 71.1 Å². The van der Waals surface area contributed by atoms with Gasteiger partial charge < -0.3 is 9.64 Å². The zero-order valence-electron chi connectivity index (χ0n) is 15.4. The van der Waals surface area contributed by atoms with Crippen LogP contribution in [0.15, 0.2) is 24.3 Å². The van der Waals surface area contributed by atoms with Crippen molar-refractivity contribution in [3.05, 3.63) is 29.8 Å². The van der Waals surface area contributed by atoms with E-state index in [0.717, 1.165) is 44.0 Å². The quantitative estimate of drug-likeness (QED) is 0.673. The fourth-order valence-corrected chi connectivity index (χ4v) is 3.96. The summed E-state index contributed by atoms with van der Waals surface area (Å²) < 4.78 is 34.3. The average Bonchev–Trinajstić information content (AvgIpc) is 2.63. The zero-order chi connectivity index (χ0) is 18.3. The minimum atomic E-state index is -3.46. The monoisotopic (exact) mass is 370 g/mol. The molecule has 0 radical (unpaired) electrons. The van der Waals surface area contributed by atoms with Crippen molar-refractivity contribution in [1.29, 1.82) is 0 Å². The molecule has 1 unspecified atom stereocenters. The Balaban J connectivity index is 2.13. The maximum atomic E-state index is 12.0. The van der Waals surface area contributed by atoms with Gasteiger partial charge in [0.1, 0.15) is 5.75 Å². The minimum Gasteiger partial charge on any atom is -0.497 e. The summed E-state index contributed by atoms with van der Waals surface area (Å²) in [5.41, 5.74) is 1.09. The SMILES string of the molecule is CCNS(=O)(=O)NCC(c1ccc(OC)cc1)N1CCN(CC)CC1. The molecule has 1 fully saturated rings. The third-order valence-corrected chi connectivity index (χ3v) is 5.81. The number of methoxy groups -OCH3 is 1. The van der Waals surface area contributed by atoms with E-state index in [9.17, 15) is 8.42 Å². The summed E-state index contributed by atoms with van der Waals surface area (Å²) in [6.45, 7) is 9.55. The lowest BCUT2D eigenvalue weighted by molar-refractivity contribution is 0.100. The van der Waals surface area contributed by atoms with Crippen LogP contribution in [0.5, 0.6) is 5.75 Å². The first-order valence-electron chi connectivity index (χ1n) is 8.83. The molecule has 1 atom stereocenters. The second kappa shape index (κ2) is 9.49. The molecule has 1 aromatic rings. The number of rotatable bonds is 9. The van der Waals surface area contributed by atoms with Crippen molar-refractivity contribution in [3.8, 4) is 5.75 Å². The van der Waals surface area contributed by atoms with Gasteiger partial charge in [0.05, 0.1) is 7.11 Å². The van der Waals surface area contributed by atoms with Gasteiger partial charge in [0.25, 0.3) is 10.2 Å². The molecule has 2 N–H and O–H groups in total. The van der Waals surface area contributed by atoms with Gasteiger partial charge >= 0.3 is 0 Å². The van der Waals surface area contributed by atoms with Crippen molar-refractivity contribution < 1.29 is 13.2 Å². The lowest BCUT2D eigenvalue weighted by Gasteiger charge is -2.39. The van der Waals surface area contributed by atoms with E-state index in [1.165, 1.54) is 0 Å². The fourth-order valence-electron chi connectivity index (χ4n) is 3.10. The maximum Gasteiger partial charge on any atom is 0.276 e. The molecule has 25 heavy (non-hydrogen) atoms. The Hall–Kier alpha value is -1.19. The van der Waals surface area contributed by atoms with E-state index in [1.54, 1.807) is 14.0 Å². The lowest BCUT2D eigenvalue weighted by Crippen LogP contribution is -2.50. The van der Waals surface area contributed by atoms with Crippen LogP contribution in [0.3, 0.4) is 0 Å². The van der Waals surface area contributed by atoms with E-state index in [0.29, 0.717) is 13.1 Å². The summed E-state index contributed by atoms with van der Waals surface area (Å²) in [6.07, 6.45) is 0. The molecular formula is C17H30N4O3S. The van der Waals surface area contributed by atoms with Gasteiger partial charge in [0.2, 0.25) is 0 Å². The van der Waals surface area contributed by atoms with Crippen molar-refractivity contribution >= 4 is 10.2 Å². The molecular weight excluding hydrogens is 340 g/mol. The molecule has 0 amide bonds. The van der Waals surface area contributed by atoms with Crippen molar-refractivity contribution in [3.63, 3.8) is 0 Å². The van der Waals surface area contributed by atoms with Gasteiger partial charge in [-0.3, -0.25) is 4.90 Å². The minimum absolute atomic E-state index is 0.00153. The second-order valence-electron chi connectivity index (χ2n) is 6.11. The summed E-state index contributed by atoms with van der Waals surface area (Å²) in [4.78, 5) is 4.76. The predicted molar refractivity (Wildman–Crippen MR) is 100 cm³/mol. The highest BCUT2D eigenvalue weighted by molar-refractivity contribution is 7.87. The highest BCUT2D eigenvalue weighted by Gasteiger charge is 2.25. The third-order valence-electron chi connectivity index (χ3n) is 4.60. The molecule has 1 heterocycles. The summed E-state index contributed by atoms with van der Waals surface area (Å²) in [6, 6.07) is 7.86. The number of benzene rings is 1. The number of ether oxygens (including phenoxy) is 1. The normalized spacial score (nSPS) is 18.2. The van der Waals surface area contributed by atoms with Gasteiger partial charge in [0, 0.05) is 45.3 Å². The first-order valence-corrected chi connectivity index (χ1v) is 10.3. The molecule has 1 aliphatic rings. The van der Waals surface area contributed by atoms with Crippen molar-refractivity contribution in [2.75, 3.05) is 52.9 Å². The van der Waals surface area contributed by atoms with E-state index in [4.69, 9.17) is 4.74 Å². The first kappa shape index (κ1) is 20.1. The largest absolute Gasteiger partial charge is 0.497 e. The standard InChI is InChI=1S/C17H30N4O3S/c1-4-18-25(22,23)19-14-17(15-6-8-16(24-3)9-7-15)21-12-10-20(5-2)11-13-21/h6-9,17-19H,4-5,10-14H2,1-3H3. The van der Waals surface area contributed by atoms with Crippen LogP contribution in [0.2, 0.25) is 0 Å². The van der Waals surface area contributed by atoms with Gasteiger partial charge in [-0.05, 0) is 24.2 Å². The van der Waals surface area contributed by atoms with Gasteiger partial charge in [-0.25, -0.2) is 9.44 Å². The summed E-state index contributed by atoms with van der Waals surface area (Å²) in [5, 5.41) is 0. The average molecular weight is 371 g/mol. The Morgan fingerprint density at radius 2 is 1.72 bits per heavy atom. The van der Waals surface area contributed by atoms with Gasteiger partial charge in [-0.15, -0.1) is 0 Å². The van der Waals surface area contributed by atoms with E-state index in [2.05, 4.69) is 26.2 Å². The molecule has 142 valence electrons. The Morgan fingerprint density at radius 1 is 1.08 bits per heavy atom. The highest BCUT2D eigenvalue weighted by atomic mass is 32.2. The van der Waals surface area contributed by atoms with Crippen LogP contribution in [0.4, 0.5) is 0 Å². The summed E-state index contributed by atoms with van der Waals surface area (Å²) >= 11 is 0. The number of piperazine rings is 1. The smallest absolute Gasteiger partial charge is 0.276 e. The van der Waals surface area contributed by atoms with Crippen LogP contribution in [0.25, 0.3) is 0 Å². The Kier molecular flexibility index (Phi) is 7.64. The van der Waals surface area contributed by atoms with Crippen LogP contribution >= 0.6 is 0 Å². The zero-order valence-corrected chi connectivity index (χ0v) is 16.2. The van der Waals surface area contributed by atoms with E-state index in [-0.39, 0.29) is 6.04 Å². The highest BCUT2D eigenvalue weighted by Crippen LogP contribution is 2.24. The van der Waals surface area contributed by atoms with E-state index in [1.807, 2.05) is 24.3 Å². The second-order valence-corrected chi connectivity index (χ2v) is 7.69. The third kappa shape index (κ3) is 5.93. The van der Waals surface area contributed by atoms with Crippen LogP contribution < -0.4 is 14.2 Å². The number of hydrogen-bond acceptors (Lipinski definition) is 5. The van der Waals surface area contributed by atoms with Gasteiger partial charge in [-0.1, -0.05) is 26.0 Å². The van der Waals surface area contributed by atoms with Gasteiger partial charge in [-0.2, -0.15) is 8.42 Å². The molecule has 2 rings (SSSR count). The van der Waals surface area contributed by atoms with E-state index >= 15 is 0 Å². The maximum absolute atomic E-state index is 12.0. The summed E-state index contributed by atoms with van der Waals surface area (Å²) in [5.74, 6) is 0.798. The number of hydrogen-bond donors (Lipinski definition) is 2. The predicted octanol–water partition coefficient (Wildman–Crippen LogP) is 0.818. The molecule has 1 saturated heterocycles. The lowest BCUT2D eigenvalue weighted by atomic mass is 10.0. The number of nitrogens with one attached hydrogen (secondary N) is 2. The molecule has 1 aliphatic heterocycles. The van der Waals surface area contributed by atoms with Crippen LogP contribution in [0.1, 0.15) is 25.5 Å². The first-order chi connectivity index (χ1) is 12.0. The van der Waals surface area contributed by atoms with Crippen molar-refractivity contribution in [1.82, 2.24) is 19.2 Å². The molecule has 1 aromatic carbocycles. The van der Waals surface area contributed by atoms with Crippen LogP contribution in [-0.2, 0) is 10.2 Å². The molecule has 8 heteroatoms. The van der Waals surface area contributed by atoms with Gasteiger partial charge in [0.15, 0.2) is 0 Å².